The van der Waals surface area contributed by atoms with Crippen molar-refractivity contribution in [2.45, 2.75) is 6.92 Å². The average molecular weight is 258 g/mol. The molecule has 0 fully saturated rings. The maximum Gasteiger partial charge on any atom is 0.0159 e. The largest absolute Gasteiger partial charge is 0.269 e. The number of hydrogen-bond donors (Lipinski definition) is 0. The first kappa shape index (κ1) is 12.5. The standard InChI is InChI=1S/C7H7I.2FH/c1-6-4-2-3-5-7(6)8;;/h2-5H,1H3;2*1H. The summed E-state index contributed by atoms with van der Waals surface area (Å²) in [6.45, 7) is 2.11. The minimum atomic E-state index is 0. The average Bonchev–Trinajstić information content (AvgIpc) is 1.77. The normalized spacial score (nSPS) is 7.40. The van der Waals surface area contributed by atoms with Gasteiger partial charge in [-0.15, -0.1) is 0 Å². The molecular formula is C7H9F2I. The van der Waals surface area contributed by atoms with Crippen molar-refractivity contribution in [1.82, 2.24) is 0 Å². The van der Waals surface area contributed by atoms with Gasteiger partial charge in [0.1, 0.15) is 0 Å². The van der Waals surface area contributed by atoms with E-state index in [0.717, 1.165) is 0 Å². The van der Waals surface area contributed by atoms with Crippen LogP contribution >= 0.6 is 22.6 Å². The van der Waals surface area contributed by atoms with Crippen molar-refractivity contribution in [3.8, 4) is 0 Å². The maximum atomic E-state index is 2.32. The molecule has 0 aliphatic heterocycles. The Hall–Kier alpha value is -0.190. The molecule has 0 saturated heterocycles. The number of aryl methyl sites for hydroxylation is 1. The molecule has 0 atom stereocenters. The van der Waals surface area contributed by atoms with Crippen molar-refractivity contribution in [3.05, 3.63) is 33.4 Å². The third kappa shape index (κ3) is 3.10. The number of benzene rings is 1. The maximum absolute atomic E-state index is 2.32. The van der Waals surface area contributed by atoms with Crippen molar-refractivity contribution >= 4 is 22.6 Å². The second-order valence-corrected chi connectivity index (χ2v) is 2.91. The quantitative estimate of drug-likeness (QED) is 0.627. The van der Waals surface area contributed by atoms with Crippen LogP contribution < -0.4 is 0 Å². The highest BCUT2D eigenvalue weighted by atomic mass is 127. The molecule has 1 aromatic rings. The van der Waals surface area contributed by atoms with Gasteiger partial charge in [-0.1, -0.05) is 18.2 Å². The van der Waals surface area contributed by atoms with Gasteiger partial charge >= 0.3 is 0 Å². The molecular weight excluding hydrogens is 249 g/mol. The smallest absolute Gasteiger partial charge is 0.0159 e. The van der Waals surface area contributed by atoms with Gasteiger partial charge in [-0.05, 0) is 41.1 Å². The molecule has 0 amide bonds. The van der Waals surface area contributed by atoms with Crippen molar-refractivity contribution in [1.29, 1.82) is 0 Å². The Kier molecular flexibility index (Phi) is 6.97. The van der Waals surface area contributed by atoms with Crippen LogP contribution in [0.4, 0.5) is 9.41 Å². The number of hydrogen-bond acceptors (Lipinski definition) is 0. The Labute approximate surface area is 72.5 Å². The van der Waals surface area contributed by atoms with E-state index >= 15 is 0 Å². The first-order valence-electron chi connectivity index (χ1n) is 2.52. The molecule has 1 rings (SSSR count). The summed E-state index contributed by atoms with van der Waals surface area (Å²) in [5.41, 5.74) is 1.35. The van der Waals surface area contributed by atoms with E-state index in [-0.39, 0.29) is 9.41 Å². The highest BCUT2D eigenvalue weighted by Crippen LogP contribution is 2.08. The van der Waals surface area contributed by atoms with Crippen LogP contribution in [0.3, 0.4) is 0 Å². The molecule has 0 unspecified atom stereocenters. The van der Waals surface area contributed by atoms with E-state index in [9.17, 15) is 0 Å². The van der Waals surface area contributed by atoms with E-state index in [4.69, 9.17) is 0 Å². The predicted molar refractivity (Wildman–Crippen MR) is 48.9 cm³/mol. The van der Waals surface area contributed by atoms with E-state index in [1.165, 1.54) is 9.13 Å². The lowest BCUT2D eigenvalue weighted by Gasteiger charge is -1.91. The van der Waals surface area contributed by atoms with E-state index < -0.39 is 0 Å². The molecule has 0 aliphatic rings. The summed E-state index contributed by atoms with van der Waals surface area (Å²) in [6.07, 6.45) is 0. The zero-order valence-electron chi connectivity index (χ0n) is 5.50. The Balaban J connectivity index is 0. The summed E-state index contributed by atoms with van der Waals surface area (Å²) in [4.78, 5) is 0. The van der Waals surface area contributed by atoms with Gasteiger partial charge in [0.2, 0.25) is 0 Å². The van der Waals surface area contributed by atoms with Crippen LogP contribution in [0.2, 0.25) is 0 Å². The molecule has 0 aromatic heterocycles. The van der Waals surface area contributed by atoms with Crippen molar-refractivity contribution in [2.24, 2.45) is 0 Å². The van der Waals surface area contributed by atoms with Crippen LogP contribution in [0.5, 0.6) is 0 Å². The van der Waals surface area contributed by atoms with E-state index in [1.54, 1.807) is 0 Å². The second-order valence-electron chi connectivity index (χ2n) is 1.75. The van der Waals surface area contributed by atoms with Gasteiger partial charge in [0, 0.05) is 3.57 Å². The van der Waals surface area contributed by atoms with Crippen LogP contribution in [0.15, 0.2) is 24.3 Å². The molecule has 0 aliphatic carbocycles. The van der Waals surface area contributed by atoms with Gasteiger partial charge in [-0.3, -0.25) is 9.41 Å². The van der Waals surface area contributed by atoms with Gasteiger partial charge in [0.15, 0.2) is 0 Å². The van der Waals surface area contributed by atoms with Crippen LogP contribution in [0.1, 0.15) is 5.56 Å². The minimum Gasteiger partial charge on any atom is -0.269 e. The highest BCUT2D eigenvalue weighted by molar-refractivity contribution is 14.1. The fraction of sp³-hybridized carbons (Fsp3) is 0.143. The molecule has 0 saturated carbocycles. The fourth-order valence-electron chi connectivity index (χ4n) is 0.551. The van der Waals surface area contributed by atoms with E-state index in [0.29, 0.717) is 0 Å². The summed E-state index contributed by atoms with van der Waals surface area (Å²) in [6, 6.07) is 8.32. The van der Waals surface area contributed by atoms with Crippen molar-refractivity contribution in [2.75, 3.05) is 0 Å². The van der Waals surface area contributed by atoms with Gasteiger partial charge < -0.3 is 0 Å². The molecule has 1 aromatic carbocycles. The summed E-state index contributed by atoms with van der Waals surface area (Å²) in [5.74, 6) is 0. The van der Waals surface area contributed by atoms with Crippen LogP contribution in [0, 0.1) is 10.5 Å². The molecule has 0 spiro atoms. The molecule has 0 nitrogen and oxygen atoms in total. The molecule has 58 valence electrons. The monoisotopic (exact) mass is 258 g/mol. The van der Waals surface area contributed by atoms with E-state index in [2.05, 4.69) is 53.8 Å². The fourth-order valence-corrected chi connectivity index (χ4v) is 0.938. The summed E-state index contributed by atoms with van der Waals surface area (Å²) in [5, 5.41) is 0. The number of halogens is 3. The highest BCUT2D eigenvalue weighted by Gasteiger charge is 1.85. The van der Waals surface area contributed by atoms with Crippen LogP contribution in [0.25, 0.3) is 0 Å². The second kappa shape index (κ2) is 5.58. The Morgan fingerprint density at radius 2 is 1.60 bits per heavy atom. The van der Waals surface area contributed by atoms with Crippen molar-refractivity contribution < 1.29 is 9.41 Å². The third-order valence-electron chi connectivity index (χ3n) is 1.08. The first-order chi connectivity index (χ1) is 3.80. The topological polar surface area (TPSA) is 0 Å². The summed E-state index contributed by atoms with van der Waals surface area (Å²) >= 11 is 2.32. The molecule has 10 heavy (non-hydrogen) atoms. The molecule has 0 radical (unpaired) electrons. The Bertz CT molecular complexity index is 168. The Morgan fingerprint density at radius 3 is 1.90 bits per heavy atom. The zero-order valence-corrected chi connectivity index (χ0v) is 7.66. The van der Waals surface area contributed by atoms with Gasteiger partial charge in [-0.2, -0.15) is 0 Å². The van der Waals surface area contributed by atoms with E-state index in [1.807, 2.05) is 0 Å². The van der Waals surface area contributed by atoms with Gasteiger partial charge in [0.05, 0.1) is 0 Å². The summed E-state index contributed by atoms with van der Waals surface area (Å²) < 4.78 is 1.34. The van der Waals surface area contributed by atoms with Crippen molar-refractivity contribution in [3.63, 3.8) is 0 Å². The van der Waals surface area contributed by atoms with Crippen LogP contribution in [-0.4, -0.2) is 0 Å². The van der Waals surface area contributed by atoms with Gasteiger partial charge in [-0.25, -0.2) is 0 Å². The summed E-state index contributed by atoms with van der Waals surface area (Å²) in [7, 11) is 0. The SMILES string of the molecule is Cc1ccccc1I.F.F. The van der Waals surface area contributed by atoms with Crippen LogP contribution in [-0.2, 0) is 0 Å². The Morgan fingerprint density at radius 1 is 1.10 bits per heavy atom. The lowest BCUT2D eigenvalue weighted by molar-refractivity contribution is 1.11. The lowest BCUT2D eigenvalue weighted by Crippen LogP contribution is -1.74. The molecule has 0 N–H and O–H groups in total. The molecule has 0 bridgehead atoms. The molecule has 0 heterocycles. The predicted octanol–water partition coefficient (Wildman–Crippen LogP) is 2.90. The number of rotatable bonds is 0. The third-order valence-corrected chi connectivity index (χ3v) is 2.29. The minimum absolute atomic E-state index is 0. The van der Waals surface area contributed by atoms with Gasteiger partial charge in [0.25, 0.3) is 0 Å². The lowest BCUT2D eigenvalue weighted by atomic mass is 10.2. The zero-order chi connectivity index (χ0) is 5.98. The first-order valence-corrected chi connectivity index (χ1v) is 3.60. The molecule has 3 heteroatoms.